The first-order valence-electron chi connectivity index (χ1n) is 21.9. The van der Waals surface area contributed by atoms with Crippen LogP contribution in [0, 0.1) is 20.2 Å². The quantitative estimate of drug-likeness (QED) is 0.0243. The Bertz CT molecular complexity index is 2280. The van der Waals surface area contributed by atoms with Crippen molar-refractivity contribution in [1.29, 1.82) is 0 Å². The fourth-order valence-electron chi connectivity index (χ4n) is 7.19. The average molecular weight is 897 g/mol. The van der Waals surface area contributed by atoms with Crippen LogP contribution in [0.5, 0.6) is 51.7 Å². The van der Waals surface area contributed by atoms with Crippen molar-refractivity contribution in [2.24, 2.45) is 0 Å². The Morgan fingerprint density at radius 2 is 0.862 bits per heavy atom. The number of hydrogen-bond donors (Lipinski definition) is 0. The molecule has 0 saturated carbocycles. The maximum absolute atomic E-state index is 12.4. The molecule has 0 atom stereocenters. The van der Waals surface area contributed by atoms with Gasteiger partial charge in [-0.1, -0.05) is 101 Å². The number of rotatable bonds is 30. The van der Waals surface area contributed by atoms with Crippen LogP contribution in [-0.4, -0.2) is 44.9 Å². The number of ether oxygens (including phenoxy) is 9. The topological polar surface area (TPSA) is 169 Å². The lowest BCUT2D eigenvalue weighted by Gasteiger charge is -2.20. The molecule has 0 amide bonds. The van der Waals surface area contributed by atoms with E-state index in [9.17, 15) is 20.2 Å². The van der Waals surface area contributed by atoms with Gasteiger partial charge in [-0.15, -0.1) is 0 Å². The van der Waals surface area contributed by atoms with Gasteiger partial charge in [0.2, 0.25) is 0 Å². The Morgan fingerprint density at radius 1 is 0.431 bits per heavy atom. The van der Waals surface area contributed by atoms with Crippen LogP contribution in [0.25, 0.3) is 0 Å². The van der Waals surface area contributed by atoms with Gasteiger partial charge in [0.15, 0.2) is 46.0 Å². The molecule has 0 aliphatic heterocycles. The molecule has 65 heavy (non-hydrogen) atoms. The lowest BCUT2D eigenvalue weighted by Crippen LogP contribution is -2.08. The van der Waals surface area contributed by atoms with Crippen LogP contribution >= 0.6 is 0 Å². The van der Waals surface area contributed by atoms with Crippen molar-refractivity contribution in [3.63, 3.8) is 0 Å². The van der Waals surface area contributed by atoms with Gasteiger partial charge in [-0.25, -0.2) is 0 Å². The van der Waals surface area contributed by atoms with E-state index in [2.05, 4.69) is 6.92 Å². The van der Waals surface area contributed by atoms with Crippen LogP contribution in [0.1, 0.15) is 93.4 Å². The molecule has 0 saturated heterocycles. The van der Waals surface area contributed by atoms with Gasteiger partial charge in [0, 0.05) is 28.8 Å². The van der Waals surface area contributed by atoms with E-state index in [4.69, 9.17) is 42.6 Å². The van der Waals surface area contributed by atoms with Crippen molar-refractivity contribution in [3.05, 3.63) is 133 Å². The largest absolute Gasteiger partial charge is 0.493 e. The standard InChI is InChI=1S/C50H60N2O13/c1-6-7-8-9-10-11-12-13-14-15-29-61-47-31-42(52(55)56)39(30-46(47)60-5)35-65-50-38(21-18-24-45(50)59-4)34-64-49-37(20-17-23-44(49)58-3)33-63-48-36(19-16-22-43(48)57-2)32-62-41-27-25-40(26-28-41)51(53)54/h16-28,30-31H,6-15,29,32-35H2,1-5H3. The summed E-state index contributed by atoms with van der Waals surface area (Å²) in [6.45, 7) is 2.61. The molecule has 0 radical (unpaired) electrons. The molecule has 0 N–H and O–H groups in total. The molecule has 0 fully saturated rings. The van der Waals surface area contributed by atoms with E-state index in [1.54, 1.807) is 30.3 Å². The van der Waals surface area contributed by atoms with Gasteiger partial charge >= 0.3 is 0 Å². The van der Waals surface area contributed by atoms with Crippen LogP contribution in [0.15, 0.2) is 91.0 Å². The zero-order valence-electron chi connectivity index (χ0n) is 38.0. The third kappa shape index (κ3) is 14.3. The number of unbranched alkanes of at least 4 members (excludes halogenated alkanes) is 9. The molecule has 15 heteroatoms. The highest BCUT2D eigenvalue weighted by molar-refractivity contribution is 5.55. The highest BCUT2D eigenvalue weighted by Gasteiger charge is 2.23. The van der Waals surface area contributed by atoms with Crippen molar-refractivity contribution in [3.8, 4) is 51.7 Å². The summed E-state index contributed by atoms with van der Waals surface area (Å²) >= 11 is 0. The van der Waals surface area contributed by atoms with Gasteiger partial charge in [-0.05, 0) is 42.8 Å². The van der Waals surface area contributed by atoms with E-state index < -0.39 is 9.85 Å². The number of para-hydroxylation sites is 3. The summed E-state index contributed by atoms with van der Waals surface area (Å²) in [4.78, 5) is 22.5. The normalized spacial score (nSPS) is 10.8. The fourth-order valence-corrected chi connectivity index (χ4v) is 7.19. The second kappa shape index (κ2) is 26.0. The lowest BCUT2D eigenvalue weighted by atomic mass is 10.1. The smallest absolute Gasteiger partial charge is 0.280 e. The Morgan fingerprint density at radius 3 is 1.29 bits per heavy atom. The number of hydrogen-bond acceptors (Lipinski definition) is 13. The predicted molar refractivity (Wildman–Crippen MR) is 246 cm³/mol. The van der Waals surface area contributed by atoms with Crippen LogP contribution < -0.4 is 42.6 Å². The number of non-ortho nitro benzene ring substituents is 1. The van der Waals surface area contributed by atoms with E-state index in [0.717, 1.165) is 19.3 Å². The Labute approximate surface area is 380 Å². The number of methoxy groups -OCH3 is 4. The molecule has 5 aromatic rings. The van der Waals surface area contributed by atoms with E-state index in [1.807, 2.05) is 30.3 Å². The average Bonchev–Trinajstić information content (AvgIpc) is 3.33. The molecule has 0 spiro atoms. The SMILES string of the molecule is CCCCCCCCCCCCOc1cc([N+](=O)[O-])c(COc2c(COc3c(COc4c(COc5ccc([N+](=O)[O-])cc5)cccc4OC)cccc3OC)cccc2OC)cc1OC. The minimum absolute atomic E-state index is 0.0000427. The van der Waals surface area contributed by atoms with E-state index >= 15 is 0 Å². The minimum Gasteiger partial charge on any atom is -0.493 e. The third-order valence-electron chi connectivity index (χ3n) is 10.7. The van der Waals surface area contributed by atoms with Crippen molar-refractivity contribution >= 4 is 11.4 Å². The first-order chi connectivity index (χ1) is 31.7. The summed E-state index contributed by atoms with van der Waals surface area (Å²) in [6.07, 6.45) is 11.9. The summed E-state index contributed by atoms with van der Waals surface area (Å²) in [5.74, 6) is 3.64. The first kappa shape index (κ1) is 49.1. The Hall–Kier alpha value is -6.90. The number of nitrogens with zero attached hydrogens (tertiary/aromatic N) is 2. The van der Waals surface area contributed by atoms with Crippen LogP contribution in [0.2, 0.25) is 0 Å². The molecule has 0 unspecified atom stereocenters. The molecule has 348 valence electrons. The van der Waals surface area contributed by atoms with Gasteiger partial charge in [0.25, 0.3) is 11.4 Å². The van der Waals surface area contributed by atoms with Crippen LogP contribution in [-0.2, 0) is 26.4 Å². The Kier molecular flexibility index (Phi) is 19.7. The number of nitro benzene ring substituents is 2. The van der Waals surface area contributed by atoms with Gasteiger partial charge in [0.1, 0.15) is 32.2 Å². The zero-order chi connectivity index (χ0) is 46.4. The maximum Gasteiger partial charge on any atom is 0.280 e. The van der Waals surface area contributed by atoms with Gasteiger partial charge in [-0.3, -0.25) is 20.2 Å². The summed E-state index contributed by atoms with van der Waals surface area (Å²) in [7, 11) is 6.09. The van der Waals surface area contributed by atoms with E-state index in [0.29, 0.717) is 75.0 Å². The molecule has 0 aliphatic carbocycles. The molecule has 0 aliphatic rings. The predicted octanol–water partition coefficient (Wildman–Crippen LogP) is 12.2. The third-order valence-corrected chi connectivity index (χ3v) is 10.7. The molecular formula is C50H60N2O13. The fraction of sp³-hybridized carbons (Fsp3) is 0.400. The second-order valence-electron chi connectivity index (χ2n) is 15.2. The summed E-state index contributed by atoms with van der Waals surface area (Å²) in [6, 6.07) is 25.0. The molecule has 5 rings (SSSR count). The Balaban J connectivity index is 1.26. The van der Waals surface area contributed by atoms with Crippen molar-refractivity contribution in [2.45, 2.75) is 97.6 Å². The zero-order valence-corrected chi connectivity index (χ0v) is 38.0. The monoisotopic (exact) mass is 896 g/mol. The van der Waals surface area contributed by atoms with Crippen molar-refractivity contribution in [2.75, 3.05) is 35.0 Å². The molecule has 0 aromatic heterocycles. The second-order valence-corrected chi connectivity index (χ2v) is 15.2. The molecular weight excluding hydrogens is 837 g/mol. The summed E-state index contributed by atoms with van der Waals surface area (Å²) in [5.41, 5.74) is 2.02. The highest BCUT2D eigenvalue weighted by atomic mass is 16.6. The van der Waals surface area contributed by atoms with Gasteiger partial charge < -0.3 is 42.6 Å². The molecule has 5 aromatic carbocycles. The van der Waals surface area contributed by atoms with Crippen LogP contribution in [0.3, 0.4) is 0 Å². The minimum atomic E-state index is -0.471. The van der Waals surface area contributed by atoms with Crippen molar-refractivity contribution in [1.82, 2.24) is 0 Å². The van der Waals surface area contributed by atoms with Crippen molar-refractivity contribution < 1.29 is 52.5 Å². The molecule has 0 bridgehead atoms. The summed E-state index contributed by atoms with van der Waals surface area (Å²) in [5, 5.41) is 23.5. The number of benzene rings is 5. The number of nitro groups is 2. The van der Waals surface area contributed by atoms with Gasteiger partial charge in [-0.2, -0.15) is 0 Å². The summed E-state index contributed by atoms with van der Waals surface area (Å²) < 4.78 is 53.8. The van der Waals surface area contributed by atoms with Crippen LogP contribution in [0.4, 0.5) is 11.4 Å². The molecule has 15 nitrogen and oxygen atoms in total. The molecule has 0 heterocycles. The highest BCUT2D eigenvalue weighted by Crippen LogP contribution is 2.40. The maximum atomic E-state index is 12.4. The van der Waals surface area contributed by atoms with Gasteiger partial charge in [0.05, 0.1) is 56.5 Å². The first-order valence-corrected chi connectivity index (χ1v) is 21.9. The lowest BCUT2D eigenvalue weighted by molar-refractivity contribution is -0.385. The van der Waals surface area contributed by atoms with E-state index in [-0.39, 0.29) is 43.4 Å². The van der Waals surface area contributed by atoms with E-state index in [1.165, 1.54) is 104 Å².